The molecule has 1 aliphatic carbocycles. The van der Waals surface area contributed by atoms with Crippen molar-refractivity contribution in [3.8, 4) is 0 Å². The van der Waals surface area contributed by atoms with E-state index >= 15 is 0 Å². The Hall–Kier alpha value is -2.04. The summed E-state index contributed by atoms with van der Waals surface area (Å²) in [6.07, 6.45) is 1.97. The van der Waals surface area contributed by atoms with Crippen LogP contribution in [0.15, 0.2) is 24.3 Å². The average Bonchev–Trinajstić information content (AvgIpc) is 3.13. The second kappa shape index (κ2) is 5.53. The molecule has 20 heavy (non-hydrogen) atoms. The zero-order chi connectivity index (χ0) is 14.8. The maximum Gasteiger partial charge on any atom is 0.319 e. The number of rotatable bonds is 3. The van der Waals surface area contributed by atoms with Crippen molar-refractivity contribution in [2.45, 2.75) is 39.2 Å². The van der Waals surface area contributed by atoms with Gasteiger partial charge in [-0.15, -0.1) is 0 Å². The van der Waals surface area contributed by atoms with Gasteiger partial charge in [0.25, 0.3) is 0 Å². The first kappa shape index (κ1) is 14.4. The van der Waals surface area contributed by atoms with Crippen molar-refractivity contribution in [2.24, 2.45) is 5.92 Å². The lowest BCUT2D eigenvalue weighted by Gasteiger charge is -2.20. The molecule has 0 heterocycles. The second-order valence-corrected chi connectivity index (χ2v) is 6.17. The van der Waals surface area contributed by atoms with Gasteiger partial charge in [-0.3, -0.25) is 4.79 Å². The van der Waals surface area contributed by atoms with Gasteiger partial charge in [0.2, 0.25) is 5.91 Å². The molecule has 1 aromatic carbocycles. The lowest BCUT2D eigenvalue weighted by atomic mass is 10.1. The predicted molar refractivity (Wildman–Crippen MR) is 79.7 cm³/mol. The highest BCUT2D eigenvalue weighted by atomic mass is 16.2. The zero-order valence-electron chi connectivity index (χ0n) is 12.1. The van der Waals surface area contributed by atoms with Gasteiger partial charge < -0.3 is 16.0 Å². The summed E-state index contributed by atoms with van der Waals surface area (Å²) in [6, 6.07) is 6.86. The fraction of sp³-hybridized carbons (Fsp3) is 0.467. The van der Waals surface area contributed by atoms with Crippen LogP contribution < -0.4 is 16.0 Å². The molecule has 3 amide bonds. The molecule has 0 aromatic heterocycles. The van der Waals surface area contributed by atoms with Crippen molar-refractivity contribution >= 4 is 23.3 Å². The van der Waals surface area contributed by atoms with Gasteiger partial charge in [0.1, 0.15) is 0 Å². The average molecular weight is 275 g/mol. The molecule has 1 aromatic rings. The van der Waals surface area contributed by atoms with E-state index < -0.39 is 0 Å². The molecule has 0 saturated heterocycles. The molecule has 1 fully saturated rings. The van der Waals surface area contributed by atoms with E-state index in [0.29, 0.717) is 5.69 Å². The van der Waals surface area contributed by atoms with Crippen LogP contribution in [-0.4, -0.2) is 17.5 Å². The lowest BCUT2D eigenvalue weighted by Crippen LogP contribution is -2.43. The first-order chi connectivity index (χ1) is 9.33. The highest BCUT2D eigenvalue weighted by Crippen LogP contribution is 2.30. The molecule has 0 bridgehead atoms. The van der Waals surface area contributed by atoms with Gasteiger partial charge >= 0.3 is 6.03 Å². The monoisotopic (exact) mass is 275 g/mol. The highest BCUT2D eigenvalue weighted by molar-refractivity contribution is 5.94. The fourth-order valence-electron chi connectivity index (χ4n) is 1.73. The smallest absolute Gasteiger partial charge is 0.319 e. The standard InChI is InChI=1S/C15H21N3O2/c1-15(2,3)18-14(20)17-12-8-6-11(7-9-12)16-13(19)10-4-5-10/h6-10H,4-5H2,1-3H3,(H,16,19)(H2,17,18,20). The summed E-state index contributed by atoms with van der Waals surface area (Å²) in [7, 11) is 0. The summed E-state index contributed by atoms with van der Waals surface area (Å²) in [5.41, 5.74) is 1.17. The Bertz CT molecular complexity index is 499. The minimum atomic E-state index is -0.276. The highest BCUT2D eigenvalue weighted by Gasteiger charge is 2.29. The van der Waals surface area contributed by atoms with Crippen molar-refractivity contribution < 1.29 is 9.59 Å². The molecule has 1 saturated carbocycles. The van der Waals surface area contributed by atoms with Crippen molar-refractivity contribution in [3.05, 3.63) is 24.3 Å². The van der Waals surface area contributed by atoms with Crippen LogP contribution in [0, 0.1) is 5.92 Å². The third kappa shape index (κ3) is 4.57. The Morgan fingerprint density at radius 1 is 1.00 bits per heavy atom. The third-order valence-electron chi connectivity index (χ3n) is 2.85. The minimum Gasteiger partial charge on any atom is -0.333 e. The lowest BCUT2D eigenvalue weighted by molar-refractivity contribution is -0.117. The second-order valence-electron chi connectivity index (χ2n) is 6.17. The molecule has 0 unspecified atom stereocenters. The molecular formula is C15H21N3O2. The normalized spacial score (nSPS) is 14.6. The van der Waals surface area contributed by atoms with Crippen LogP contribution in [0.25, 0.3) is 0 Å². The van der Waals surface area contributed by atoms with Gasteiger partial charge in [0.05, 0.1) is 0 Å². The maximum atomic E-state index is 11.7. The van der Waals surface area contributed by atoms with Crippen LogP contribution in [0.2, 0.25) is 0 Å². The van der Waals surface area contributed by atoms with Crippen molar-refractivity contribution in [1.82, 2.24) is 5.32 Å². The molecule has 0 aliphatic heterocycles. The Morgan fingerprint density at radius 3 is 1.95 bits per heavy atom. The Kier molecular flexibility index (Phi) is 3.97. The number of carbonyl (C=O) groups is 2. The summed E-state index contributed by atoms with van der Waals surface area (Å²) in [5, 5.41) is 8.42. The fourth-order valence-corrected chi connectivity index (χ4v) is 1.73. The van der Waals surface area contributed by atoms with Gasteiger partial charge in [-0.1, -0.05) is 0 Å². The van der Waals surface area contributed by atoms with Crippen LogP contribution in [0.4, 0.5) is 16.2 Å². The molecule has 0 spiro atoms. The Labute approximate surface area is 119 Å². The van der Waals surface area contributed by atoms with Crippen LogP contribution in [0.3, 0.4) is 0 Å². The first-order valence-electron chi connectivity index (χ1n) is 6.83. The first-order valence-corrected chi connectivity index (χ1v) is 6.83. The molecule has 0 radical (unpaired) electrons. The molecular weight excluding hydrogens is 254 g/mol. The van der Waals surface area contributed by atoms with Crippen LogP contribution in [0.1, 0.15) is 33.6 Å². The van der Waals surface area contributed by atoms with Crippen molar-refractivity contribution in [1.29, 1.82) is 0 Å². The van der Waals surface area contributed by atoms with E-state index in [1.54, 1.807) is 24.3 Å². The van der Waals surface area contributed by atoms with Gasteiger partial charge in [0.15, 0.2) is 0 Å². The molecule has 3 N–H and O–H groups in total. The topological polar surface area (TPSA) is 70.2 Å². The number of nitrogens with one attached hydrogen (secondary N) is 3. The quantitative estimate of drug-likeness (QED) is 0.793. The minimum absolute atomic E-state index is 0.0798. The van der Waals surface area contributed by atoms with E-state index in [2.05, 4.69) is 16.0 Å². The number of anilines is 2. The summed E-state index contributed by atoms with van der Waals surface area (Å²) < 4.78 is 0. The summed E-state index contributed by atoms with van der Waals surface area (Å²) in [5.74, 6) is 0.265. The molecule has 2 rings (SSSR count). The van der Waals surface area contributed by atoms with E-state index in [1.807, 2.05) is 20.8 Å². The summed E-state index contributed by atoms with van der Waals surface area (Å²) >= 11 is 0. The van der Waals surface area contributed by atoms with Gasteiger partial charge in [-0.2, -0.15) is 0 Å². The van der Waals surface area contributed by atoms with E-state index in [-0.39, 0.29) is 23.4 Å². The van der Waals surface area contributed by atoms with E-state index in [1.165, 1.54) is 0 Å². The molecule has 5 heteroatoms. The van der Waals surface area contributed by atoms with E-state index in [4.69, 9.17) is 0 Å². The summed E-state index contributed by atoms with van der Waals surface area (Å²) in [6.45, 7) is 5.76. The SMILES string of the molecule is CC(C)(C)NC(=O)Nc1ccc(NC(=O)C2CC2)cc1. The van der Waals surface area contributed by atoms with E-state index in [0.717, 1.165) is 18.5 Å². The Morgan fingerprint density at radius 2 is 1.50 bits per heavy atom. The molecule has 108 valence electrons. The zero-order valence-corrected chi connectivity index (χ0v) is 12.1. The van der Waals surface area contributed by atoms with E-state index in [9.17, 15) is 9.59 Å². The van der Waals surface area contributed by atoms with Crippen LogP contribution in [-0.2, 0) is 4.79 Å². The van der Waals surface area contributed by atoms with Crippen LogP contribution >= 0.6 is 0 Å². The van der Waals surface area contributed by atoms with Gasteiger partial charge in [-0.05, 0) is 57.9 Å². The van der Waals surface area contributed by atoms with Gasteiger partial charge in [0, 0.05) is 22.8 Å². The van der Waals surface area contributed by atoms with Crippen molar-refractivity contribution in [2.75, 3.05) is 10.6 Å². The number of hydrogen-bond acceptors (Lipinski definition) is 2. The number of amides is 3. The third-order valence-corrected chi connectivity index (χ3v) is 2.85. The van der Waals surface area contributed by atoms with Gasteiger partial charge in [-0.25, -0.2) is 4.79 Å². The van der Waals surface area contributed by atoms with Crippen molar-refractivity contribution in [3.63, 3.8) is 0 Å². The largest absolute Gasteiger partial charge is 0.333 e. The number of hydrogen-bond donors (Lipinski definition) is 3. The number of urea groups is 1. The number of carbonyl (C=O) groups excluding carboxylic acids is 2. The molecule has 1 aliphatic rings. The maximum absolute atomic E-state index is 11.7. The molecule has 0 atom stereocenters. The van der Waals surface area contributed by atoms with Crippen LogP contribution in [0.5, 0.6) is 0 Å². The Balaban J connectivity index is 1.87. The predicted octanol–water partition coefficient (Wildman–Crippen LogP) is 2.96. The molecule has 5 nitrogen and oxygen atoms in total. The number of benzene rings is 1. The summed E-state index contributed by atoms with van der Waals surface area (Å²) in [4.78, 5) is 23.3.